The van der Waals surface area contributed by atoms with Gasteiger partial charge in [0.1, 0.15) is 0 Å². The second-order valence-corrected chi connectivity index (χ2v) is 5.62. The number of fused-ring (bicyclic) bond motifs is 1. The Balaban J connectivity index is 2.02. The van der Waals surface area contributed by atoms with E-state index in [1.807, 2.05) is 32.0 Å². The molecule has 0 aliphatic heterocycles. The zero-order chi connectivity index (χ0) is 15.3. The first-order valence-electron chi connectivity index (χ1n) is 7.51. The van der Waals surface area contributed by atoms with Crippen molar-refractivity contribution in [2.75, 3.05) is 5.32 Å². The predicted octanol–water partition coefficient (Wildman–Crippen LogP) is 3.22. The number of aromatic amines is 1. The molecule has 0 atom stereocenters. The van der Waals surface area contributed by atoms with Gasteiger partial charge in [0.25, 0.3) is 0 Å². The van der Waals surface area contributed by atoms with Crippen LogP contribution in [-0.4, -0.2) is 26.8 Å². The van der Waals surface area contributed by atoms with E-state index >= 15 is 0 Å². The fourth-order valence-corrected chi connectivity index (χ4v) is 2.76. The van der Waals surface area contributed by atoms with Crippen LogP contribution in [0.15, 0.2) is 24.4 Å². The van der Waals surface area contributed by atoms with E-state index in [4.69, 9.17) is 0 Å². The number of carbonyl (C=O) groups excluding carboxylic acids is 1. The molecule has 3 N–H and O–H groups in total. The third kappa shape index (κ3) is 4.04. The average Bonchev–Trinajstić information content (AvgIpc) is 2.86. The van der Waals surface area contributed by atoms with E-state index < -0.39 is 5.60 Å². The lowest BCUT2D eigenvalue weighted by Gasteiger charge is -2.26. The maximum Gasteiger partial charge on any atom is 0.227 e. The largest absolute Gasteiger partial charge is 0.389 e. The van der Waals surface area contributed by atoms with Crippen molar-refractivity contribution >= 4 is 22.5 Å². The molecule has 0 fully saturated rings. The van der Waals surface area contributed by atoms with Gasteiger partial charge in [-0.3, -0.25) is 9.89 Å². The molecule has 1 heterocycles. The van der Waals surface area contributed by atoms with Crippen LogP contribution < -0.4 is 5.32 Å². The summed E-state index contributed by atoms with van der Waals surface area (Å²) in [6.07, 6.45) is 4.88. The standard InChI is InChI=1S/C16H23N3O2/c1-3-7-16(21,8-4-2)10-15(20)18-13-5-6-14-12(9-13)11-17-19-14/h5-6,9,11,21H,3-4,7-8,10H2,1-2H3,(H,17,19)(H,18,20). The minimum atomic E-state index is -0.896. The second-order valence-electron chi connectivity index (χ2n) is 5.62. The Hall–Kier alpha value is -1.88. The van der Waals surface area contributed by atoms with E-state index in [2.05, 4.69) is 15.5 Å². The van der Waals surface area contributed by atoms with Gasteiger partial charge in [-0.2, -0.15) is 5.10 Å². The normalized spacial score (nSPS) is 11.8. The van der Waals surface area contributed by atoms with Crippen molar-refractivity contribution in [2.45, 2.75) is 51.6 Å². The molecule has 21 heavy (non-hydrogen) atoms. The molecular formula is C16H23N3O2. The van der Waals surface area contributed by atoms with Gasteiger partial charge in [0.05, 0.1) is 23.7 Å². The number of nitrogens with zero attached hydrogens (tertiary/aromatic N) is 1. The summed E-state index contributed by atoms with van der Waals surface area (Å²) in [7, 11) is 0. The molecule has 0 saturated carbocycles. The first-order chi connectivity index (χ1) is 10.1. The van der Waals surface area contributed by atoms with Crippen molar-refractivity contribution in [1.29, 1.82) is 0 Å². The molecule has 0 spiro atoms. The number of amides is 1. The summed E-state index contributed by atoms with van der Waals surface area (Å²) in [6, 6.07) is 5.58. The zero-order valence-electron chi connectivity index (χ0n) is 12.6. The number of aromatic nitrogens is 2. The third-order valence-electron chi connectivity index (χ3n) is 3.64. The molecule has 0 aliphatic rings. The van der Waals surface area contributed by atoms with Gasteiger partial charge in [-0.1, -0.05) is 26.7 Å². The summed E-state index contributed by atoms with van der Waals surface area (Å²) in [5.41, 5.74) is 0.763. The van der Waals surface area contributed by atoms with Gasteiger partial charge in [-0.15, -0.1) is 0 Å². The Bertz CT molecular complexity index is 600. The number of benzene rings is 1. The van der Waals surface area contributed by atoms with Crippen molar-refractivity contribution in [3.63, 3.8) is 0 Å². The van der Waals surface area contributed by atoms with Gasteiger partial charge in [0.2, 0.25) is 5.91 Å². The highest BCUT2D eigenvalue weighted by Gasteiger charge is 2.28. The van der Waals surface area contributed by atoms with Gasteiger partial charge < -0.3 is 10.4 Å². The maximum atomic E-state index is 12.2. The number of rotatable bonds is 7. The number of anilines is 1. The number of carbonyl (C=O) groups is 1. The molecule has 5 heteroatoms. The lowest BCUT2D eigenvalue weighted by atomic mass is 9.89. The lowest BCUT2D eigenvalue weighted by molar-refractivity contribution is -0.121. The van der Waals surface area contributed by atoms with Gasteiger partial charge in [-0.25, -0.2) is 0 Å². The van der Waals surface area contributed by atoms with Gasteiger partial charge in [-0.05, 0) is 31.0 Å². The van der Waals surface area contributed by atoms with Crippen LogP contribution in [0.2, 0.25) is 0 Å². The number of hydrogen-bond acceptors (Lipinski definition) is 3. The van der Waals surface area contributed by atoms with Crippen LogP contribution in [0.4, 0.5) is 5.69 Å². The summed E-state index contributed by atoms with van der Waals surface area (Å²) in [5.74, 6) is -0.151. The van der Waals surface area contributed by atoms with Gasteiger partial charge in [0, 0.05) is 11.1 Å². The quantitative estimate of drug-likeness (QED) is 0.732. The highest BCUT2D eigenvalue weighted by Crippen LogP contribution is 2.24. The van der Waals surface area contributed by atoms with Crippen molar-refractivity contribution in [3.8, 4) is 0 Å². The SMILES string of the molecule is CCCC(O)(CCC)CC(=O)Nc1ccc2[nH]ncc2c1. The van der Waals surface area contributed by atoms with E-state index in [9.17, 15) is 9.90 Å². The molecule has 1 aromatic heterocycles. The molecule has 1 aromatic carbocycles. The number of hydrogen-bond donors (Lipinski definition) is 3. The second kappa shape index (κ2) is 6.72. The monoisotopic (exact) mass is 289 g/mol. The molecular weight excluding hydrogens is 266 g/mol. The van der Waals surface area contributed by atoms with Crippen LogP contribution in [0.3, 0.4) is 0 Å². The molecule has 0 bridgehead atoms. The van der Waals surface area contributed by atoms with E-state index in [1.54, 1.807) is 6.20 Å². The maximum absolute atomic E-state index is 12.2. The van der Waals surface area contributed by atoms with Crippen LogP contribution in [0.5, 0.6) is 0 Å². The Morgan fingerprint density at radius 1 is 1.33 bits per heavy atom. The summed E-state index contributed by atoms with van der Waals surface area (Å²) in [4.78, 5) is 12.2. The zero-order valence-corrected chi connectivity index (χ0v) is 12.6. The van der Waals surface area contributed by atoms with Gasteiger partial charge >= 0.3 is 0 Å². The average molecular weight is 289 g/mol. The summed E-state index contributed by atoms with van der Waals surface area (Å²) < 4.78 is 0. The van der Waals surface area contributed by atoms with Crippen LogP contribution in [0, 0.1) is 0 Å². The summed E-state index contributed by atoms with van der Waals surface area (Å²) >= 11 is 0. The van der Waals surface area contributed by atoms with Crippen LogP contribution in [-0.2, 0) is 4.79 Å². The molecule has 2 aromatic rings. The minimum Gasteiger partial charge on any atom is -0.389 e. The summed E-state index contributed by atoms with van der Waals surface area (Å²) in [5, 5.41) is 21.1. The van der Waals surface area contributed by atoms with Crippen LogP contribution in [0.25, 0.3) is 10.9 Å². The van der Waals surface area contributed by atoms with E-state index in [1.165, 1.54) is 0 Å². The topological polar surface area (TPSA) is 78.0 Å². The van der Waals surface area contributed by atoms with E-state index in [0.717, 1.165) is 29.4 Å². The molecule has 2 rings (SSSR count). The highest BCUT2D eigenvalue weighted by atomic mass is 16.3. The highest BCUT2D eigenvalue weighted by molar-refractivity contribution is 5.94. The fourth-order valence-electron chi connectivity index (χ4n) is 2.76. The Labute approximate surface area is 124 Å². The number of aliphatic hydroxyl groups is 1. The predicted molar refractivity (Wildman–Crippen MR) is 84.1 cm³/mol. The van der Waals surface area contributed by atoms with Crippen LogP contribution >= 0.6 is 0 Å². The van der Waals surface area contributed by atoms with Crippen LogP contribution in [0.1, 0.15) is 46.0 Å². The molecule has 0 radical (unpaired) electrons. The number of nitrogens with one attached hydrogen (secondary N) is 2. The molecule has 1 amide bonds. The number of H-pyrrole nitrogens is 1. The molecule has 0 aliphatic carbocycles. The van der Waals surface area contributed by atoms with Crippen molar-refractivity contribution in [1.82, 2.24) is 10.2 Å². The lowest BCUT2D eigenvalue weighted by Crippen LogP contribution is -2.33. The van der Waals surface area contributed by atoms with Gasteiger partial charge in [0.15, 0.2) is 0 Å². The molecule has 0 saturated heterocycles. The van der Waals surface area contributed by atoms with Crippen molar-refractivity contribution in [2.24, 2.45) is 0 Å². The van der Waals surface area contributed by atoms with E-state index in [0.29, 0.717) is 12.8 Å². The first kappa shape index (κ1) is 15.5. The smallest absolute Gasteiger partial charge is 0.227 e. The fraction of sp³-hybridized carbons (Fsp3) is 0.500. The Kier molecular flexibility index (Phi) is 4.96. The molecule has 114 valence electrons. The van der Waals surface area contributed by atoms with Crippen molar-refractivity contribution < 1.29 is 9.90 Å². The molecule has 5 nitrogen and oxygen atoms in total. The Morgan fingerprint density at radius 3 is 2.71 bits per heavy atom. The Morgan fingerprint density at radius 2 is 2.05 bits per heavy atom. The van der Waals surface area contributed by atoms with Crippen molar-refractivity contribution in [3.05, 3.63) is 24.4 Å². The third-order valence-corrected chi connectivity index (χ3v) is 3.64. The first-order valence-corrected chi connectivity index (χ1v) is 7.51. The summed E-state index contributed by atoms with van der Waals surface area (Å²) in [6.45, 7) is 4.04. The van der Waals surface area contributed by atoms with E-state index in [-0.39, 0.29) is 12.3 Å². The minimum absolute atomic E-state index is 0.137. The molecule has 0 unspecified atom stereocenters.